The largest absolute Gasteiger partial charge is 0.384 e. The highest BCUT2D eigenvalue weighted by molar-refractivity contribution is 6.06. The molecule has 13 heavy (non-hydrogen) atoms. The second kappa shape index (κ2) is 2.86. The van der Waals surface area contributed by atoms with Crippen molar-refractivity contribution in [2.75, 3.05) is 0 Å². The van der Waals surface area contributed by atoms with Gasteiger partial charge in [-0.3, -0.25) is 10.4 Å². The number of pyridine rings is 1. The van der Waals surface area contributed by atoms with Gasteiger partial charge in [0.2, 0.25) is 0 Å². The van der Waals surface area contributed by atoms with Crippen LogP contribution in [-0.2, 0) is 0 Å². The molecule has 1 aromatic carbocycles. The molecule has 3 nitrogen and oxygen atoms in total. The Morgan fingerprint density at radius 1 is 1.23 bits per heavy atom. The Morgan fingerprint density at radius 2 is 2.08 bits per heavy atom. The zero-order valence-electron chi connectivity index (χ0n) is 6.99. The van der Waals surface area contributed by atoms with E-state index in [2.05, 4.69) is 4.98 Å². The summed E-state index contributed by atoms with van der Waals surface area (Å²) in [6, 6.07) is 9.34. The van der Waals surface area contributed by atoms with Crippen LogP contribution < -0.4 is 5.73 Å². The van der Waals surface area contributed by atoms with Crippen LogP contribution in [0.1, 0.15) is 5.56 Å². The van der Waals surface area contributed by atoms with E-state index >= 15 is 0 Å². The van der Waals surface area contributed by atoms with Crippen molar-refractivity contribution in [1.82, 2.24) is 4.98 Å². The van der Waals surface area contributed by atoms with Gasteiger partial charge in [0.05, 0.1) is 5.52 Å². The maximum absolute atomic E-state index is 7.37. The Morgan fingerprint density at radius 3 is 2.85 bits per heavy atom. The molecular weight excluding hydrogens is 162 g/mol. The number of nitrogen functional groups attached to an aromatic ring is 1. The lowest BCUT2D eigenvalue weighted by molar-refractivity contribution is 1.39. The maximum atomic E-state index is 7.37. The summed E-state index contributed by atoms with van der Waals surface area (Å²) >= 11 is 0. The van der Waals surface area contributed by atoms with E-state index in [1.807, 2.05) is 30.3 Å². The molecule has 0 saturated heterocycles. The first-order valence-corrected chi connectivity index (χ1v) is 3.97. The fourth-order valence-electron chi connectivity index (χ4n) is 1.34. The second-order valence-electron chi connectivity index (χ2n) is 2.79. The molecule has 3 N–H and O–H groups in total. The standard InChI is InChI=1S/C10H9N3/c11-10(12)8-3-1-5-9-7(8)4-2-6-13-9/h1-6H,(H3,11,12). The summed E-state index contributed by atoms with van der Waals surface area (Å²) in [6.45, 7) is 0. The summed E-state index contributed by atoms with van der Waals surface area (Å²) in [7, 11) is 0. The first-order valence-electron chi connectivity index (χ1n) is 3.97. The normalized spacial score (nSPS) is 10.2. The van der Waals surface area contributed by atoms with E-state index in [0.717, 1.165) is 16.5 Å². The van der Waals surface area contributed by atoms with Gasteiger partial charge >= 0.3 is 0 Å². The fraction of sp³-hybridized carbons (Fsp3) is 0. The molecule has 0 saturated carbocycles. The van der Waals surface area contributed by atoms with Crippen molar-refractivity contribution in [1.29, 1.82) is 5.41 Å². The molecule has 0 unspecified atom stereocenters. The summed E-state index contributed by atoms with van der Waals surface area (Å²) in [6.07, 6.45) is 1.73. The molecule has 0 aliphatic carbocycles. The van der Waals surface area contributed by atoms with Crippen molar-refractivity contribution < 1.29 is 0 Å². The molecular formula is C10H9N3. The van der Waals surface area contributed by atoms with E-state index in [1.54, 1.807) is 6.20 Å². The average molecular weight is 171 g/mol. The van der Waals surface area contributed by atoms with Gasteiger partial charge in [0.25, 0.3) is 0 Å². The minimum Gasteiger partial charge on any atom is -0.384 e. The third kappa shape index (κ3) is 1.24. The van der Waals surface area contributed by atoms with Crippen LogP contribution in [0.4, 0.5) is 0 Å². The number of rotatable bonds is 1. The van der Waals surface area contributed by atoms with E-state index in [9.17, 15) is 0 Å². The second-order valence-corrected chi connectivity index (χ2v) is 2.79. The first-order chi connectivity index (χ1) is 6.29. The highest BCUT2D eigenvalue weighted by Crippen LogP contribution is 2.15. The predicted molar refractivity (Wildman–Crippen MR) is 52.8 cm³/mol. The van der Waals surface area contributed by atoms with Crippen molar-refractivity contribution in [2.24, 2.45) is 5.73 Å². The molecule has 0 radical (unpaired) electrons. The van der Waals surface area contributed by atoms with Crippen LogP contribution in [0.5, 0.6) is 0 Å². The van der Waals surface area contributed by atoms with E-state index in [0.29, 0.717) is 0 Å². The van der Waals surface area contributed by atoms with Crippen molar-refractivity contribution >= 4 is 16.7 Å². The van der Waals surface area contributed by atoms with Gasteiger partial charge in [-0.25, -0.2) is 0 Å². The lowest BCUT2D eigenvalue weighted by atomic mass is 10.1. The molecule has 1 aromatic heterocycles. The van der Waals surface area contributed by atoms with Crippen LogP contribution in [0.15, 0.2) is 36.5 Å². The smallest absolute Gasteiger partial charge is 0.123 e. The van der Waals surface area contributed by atoms with Crippen LogP contribution in [-0.4, -0.2) is 10.8 Å². The highest BCUT2D eigenvalue weighted by Gasteiger charge is 2.01. The van der Waals surface area contributed by atoms with Gasteiger partial charge in [0, 0.05) is 17.1 Å². The molecule has 0 bridgehead atoms. The van der Waals surface area contributed by atoms with Gasteiger partial charge in [-0.05, 0) is 12.1 Å². The van der Waals surface area contributed by atoms with E-state index in [1.165, 1.54) is 0 Å². The van der Waals surface area contributed by atoms with Crippen LogP contribution in [0.3, 0.4) is 0 Å². The van der Waals surface area contributed by atoms with E-state index < -0.39 is 0 Å². The molecule has 0 spiro atoms. The molecule has 0 fully saturated rings. The number of nitrogens with two attached hydrogens (primary N) is 1. The maximum Gasteiger partial charge on any atom is 0.123 e. The molecule has 2 aromatic rings. The van der Waals surface area contributed by atoms with E-state index in [-0.39, 0.29) is 5.84 Å². The molecule has 3 heteroatoms. The number of hydrogen-bond donors (Lipinski definition) is 2. The Bertz CT molecular complexity index is 457. The van der Waals surface area contributed by atoms with Crippen LogP contribution in [0.2, 0.25) is 0 Å². The third-order valence-electron chi connectivity index (χ3n) is 1.94. The quantitative estimate of drug-likeness (QED) is 0.504. The number of nitrogens with one attached hydrogen (secondary N) is 1. The molecule has 0 aliphatic heterocycles. The van der Waals surface area contributed by atoms with Crippen LogP contribution >= 0.6 is 0 Å². The molecule has 0 amide bonds. The van der Waals surface area contributed by atoms with Crippen molar-refractivity contribution in [3.63, 3.8) is 0 Å². The van der Waals surface area contributed by atoms with Gasteiger partial charge in [-0.2, -0.15) is 0 Å². The summed E-state index contributed by atoms with van der Waals surface area (Å²) in [5, 5.41) is 8.30. The summed E-state index contributed by atoms with van der Waals surface area (Å²) in [4.78, 5) is 4.17. The lowest BCUT2D eigenvalue weighted by Gasteiger charge is -2.02. The molecule has 2 rings (SSSR count). The summed E-state index contributed by atoms with van der Waals surface area (Å²) in [5.41, 5.74) is 7.05. The topological polar surface area (TPSA) is 62.8 Å². The third-order valence-corrected chi connectivity index (χ3v) is 1.94. The average Bonchev–Trinajstić information content (AvgIpc) is 2.17. The Balaban J connectivity index is 2.83. The highest BCUT2D eigenvalue weighted by atomic mass is 14.7. The van der Waals surface area contributed by atoms with Crippen LogP contribution in [0, 0.1) is 5.41 Å². The zero-order valence-corrected chi connectivity index (χ0v) is 6.99. The minimum absolute atomic E-state index is 0.0820. The number of aromatic nitrogens is 1. The molecule has 0 atom stereocenters. The van der Waals surface area contributed by atoms with Gasteiger partial charge in [-0.1, -0.05) is 18.2 Å². The Kier molecular flexibility index (Phi) is 1.70. The number of benzene rings is 1. The molecule has 64 valence electrons. The van der Waals surface area contributed by atoms with Crippen molar-refractivity contribution in [3.8, 4) is 0 Å². The Labute approximate surface area is 75.7 Å². The zero-order chi connectivity index (χ0) is 9.26. The number of hydrogen-bond acceptors (Lipinski definition) is 2. The summed E-state index contributed by atoms with van der Waals surface area (Å²) < 4.78 is 0. The minimum atomic E-state index is 0.0820. The lowest BCUT2D eigenvalue weighted by Crippen LogP contribution is -2.11. The molecule has 1 heterocycles. The fourth-order valence-corrected chi connectivity index (χ4v) is 1.34. The van der Waals surface area contributed by atoms with E-state index in [4.69, 9.17) is 11.1 Å². The number of fused-ring (bicyclic) bond motifs is 1. The summed E-state index contributed by atoms with van der Waals surface area (Å²) in [5.74, 6) is 0.0820. The van der Waals surface area contributed by atoms with Gasteiger partial charge in [0.1, 0.15) is 5.84 Å². The van der Waals surface area contributed by atoms with Gasteiger partial charge in [0.15, 0.2) is 0 Å². The van der Waals surface area contributed by atoms with Gasteiger partial charge in [-0.15, -0.1) is 0 Å². The first kappa shape index (κ1) is 7.73. The number of nitrogens with zero attached hydrogens (tertiary/aromatic N) is 1. The monoisotopic (exact) mass is 171 g/mol. The van der Waals surface area contributed by atoms with Gasteiger partial charge < -0.3 is 5.73 Å². The van der Waals surface area contributed by atoms with Crippen LogP contribution in [0.25, 0.3) is 10.9 Å². The van der Waals surface area contributed by atoms with Crippen molar-refractivity contribution in [2.45, 2.75) is 0 Å². The SMILES string of the molecule is N=C(N)c1cccc2ncccc12. The molecule has 0 aliphatic rings. The number of amidine groups is 1. The van der Waals surface area contributed by atoms with Crippen molar-refractivity contribution in [3.05, 3.63) is 42.1 Å². The predicted octanol–water partition coefficient (Wildman–Crippen LogP) is 1.52. The Hall–Kier alpha value is -1.90.